The van der Waals surface area contributed by atoms with E-state index in [0.717, 1.165) is 5.56 Å². The molecule has 0 radical (unpaired) electrons. The van der Waals surface area contributed by atoms with Crippen LogP contribution in [-0.4, -0.2) is 18.0 Å². The predicted octanol–water partition coefficient (Wildman–Crippen LogP) is 1.48. The van der Waals surface area contributed by atoms with Gasteiger partial charge in [-0.2, -0.15) is 0 Å². The monoisotopic (exact) mass is 333 g/mol. The molecule has 2 N–H and O–H groups in total. The summed E-state index contributed by atoms with van der Waals surface area (Å²) in [5.74, 6) is -0.346. The molecule has 0 aliphatic heterocycles. The van der Waals surface area contributed by atoms with Gasteiger partial charge in [-0.25, -0.2) is 22.9 Å². The first-order valence-electron chi connectivity index (χ1n) is 4.85. The molecule has 0 fully saturated rings. The molecule has 0 unspecified atom stereocenters. The van der Waals surface area contributed by atoms with Gasteiger partial charge in [0.2, 0.25) is 0 Å². The minimum absolute atomic E-state index is 0.194. The summed E-state index contributed by atoms with van der Waals surface area (Å²) in [6.45, 7) is 0.364. The minimum atomic E-state index is -3.79. The van der Waals surface area contributed by atoms with Gasteiger partial charge in [-0.1, -0.05) is 22.0 Å². The van der Waals surface area contributed by atoms with Crippen LogP contribution in [0.25, 0.3) is 0 Å². The van der Waals surface area contributed by atoms with Crippen LogP contribution in [0.2, 0.25) is 0 Å². The molecule has 5 nitrogen and oxygen atoms in total. The van der Waals surface area contributed by atoms with Crippen molar-refractivity contribution in [1.82, 2.24) is 9.55 Å². The second kappa shape index (κ2) is 4.79. The number of halogens is 2. The molecule has 0 aliphatic carbocycles. The lowest BCUT2D eigenvalue weighted by molar-refractivity contribution is 0.594. The average molecular weight is 334 g/mol. The summed E-state index contributed by atoms with van der Waals surface area (Å²) in [5, 5.41) is 4.76. The number of nitrogens with two attached hydrogens (primary N) is 1. The van der Waals surface area contributed by atoms with E-state index in [0.29, 0.717) is 11.0 Å². The van der Waals surface area contributed by atoms with Gasteiger partial charge < -0.3 is 4.57 Å². The summed E-state index contributed by atoms with van der Waals surface area (Å²) < 4.78 is 37.2. The van der Waals surface area contributed by atoms with E-state index in [2.05, 4.69) is 20.9 Å². The number of sulfonamides is 1. The Hall–Kier alpha value is -1.25. The fourth-order valence-corrected chi connectivity index (χ4v) is 2.37. The molecule has 96 valence electrons. The van der Waals surface area contributed by atoms with Crippen molar-refractivity contribution in [1.29, 1.82) is 0 Å². The number of rotatable bonds is 3. The maximum absolute atomic E-state index is 12.9. The van der Waals surface area contributed by atoms with E-state index < -0.39 is 10.0 Å². The molecular formula is C10H9BrFN3O2S. The number of nitrogens with zero attached hydrogens (tertiary/aromatic N) is 2. The quantitative estimate of drug-likeness (QED) is 0.924. The van der Waals surface area contributed by atoms with Gasteiger partial charge in [0.05, 0.1) is 6.33 Å². The van der Waals surface area contributed by atoms with Gasteiger partial charge in [0, 0.05) is 17.2 Å². The van der Waals surface area contributed by atoms with Crippen LogP contribution in [-0.2, 0) is 16.6 Å². The molecule has 0 spiro atoms. The van der Waals surface area contributed by atoms with Crippen molar-refractivity contribution in [3.63, 3.8) is 0 Å². The van der Waals surface area contributed by atoms with E-state index in [-0.39, 0.29) is 10.8 Å². The molecule has 8 heteroatoms. The number of hydrogen-bond acceptors (Lipinski definition) is 3. The fourth-order valence-electron chi connectivity index (χ4n) is 1.42. The SMILES string of the molecule is NS(=O)(=O)c1cn(Cc2ccc(F)cc2Br)cn1. The van der Waals surface area contributed by atoms with E-state index in [1.165, 1.54) is 24.7 Å². The summed E-state index contributed by atoms with van der Waals surface area (Å²) in [7, 11) is -3.79. The third kappa shape index (κ3) is 2.95. The van der Waals surface area contributed by atoms with Crippen molar-refractivity contribution in [3.8, 4) is 0 Å². The lowest BCUT2D eigenvalue weighted by Gasteiger charge is -2.05. The number of imidazole rings is 1. The molecule has 0 saturated carbocycles. The second-order valence-corrected chi connectivity index (χ2v) is 6.03. The summed E-state index contributed by atoms with van der Waals surface area (Å²) in [6.07, 6.45) is 2.68. The molecule has 1 aromatic carbocycles. The fraction of sp³-hybridized carbons (Fsp3) is 0.100. The van der Waals surface area contributed by atoms with Crippen molar-refractivity contribution in [2.24, 2.45) is 5.14 Å². The molecule has 1 aromatic heterocycles. The number of primary sulfonamides is 1. The van der Waals surface area contributed by atoms with E-state index in [1.807, 2.05) is 0 Å². The number of benzene rings is 1. The first-order valence-corrected chi connectivity index (χ1v) is 7.19. The molecule has 18 heavy (non-hydrogen) atoms. The third-order valence-electron chi connectivity index (χ3n) is 2.27. The lowest BCUT2D eigenvalue weighted by Crippen LogP contribution is -2.12. The molecule has 0 bridgehead atoms. The third-order valence-corrected chi connectivity index (χ3v) is 3.80. The van der Waals surface area contributed by atoms with Crippen LogP contribution >= 0.6 is 15.9 Å². The van der Waals surface area contributed by atoms with Crippen molar-refractivity contribution in [2.45, 2.75) is 11.6 Å². The molecule has 2 rings (SSSR count). The smallest absolute Gasteiger partial charge is 0.257 e. The van der Waals surface area contributed by atoms with Crippen LogP contribution in [0.4, 0.5) is 4.39 Å². The minimum Gasteiger partial charge on any atom is -0.332 e. The number of hydrogen-bond donors (Lipinski definition) is 1. The van der Waals surface area contributed by atoms with E-state index in [9.17, 15) is 12.8 Å². The molecule has 0 aliphatic rings. The van der Waals surface area contributed by atoms with Gasteiger partial charge in [0.25, 0.3) is 10.0 Å². The normalized spacial score (nSPS) is 11.7. The van der Waals surface area contributed by atoms with Gasteiger partial charge in [-0.15, -0.1) is 0 Å². The maximum atomic E-state index is 12.9. The van der Waals surface area contributed by atoms with Crippen LogP contribution < -0.4 is 5.14 Å². The van der Waals surface area contributed by atoms with Crippen molar-refractivity contribution >= 4 is 26.0 Å². The van der Waals surface area contributed by atoms with Gasteiger partial charge in [-0.3, -0.25) is 0 Å². The molecule has 2 aromatic rings. The largest absolute Gasteiger partial charge is 0.332 e. The number of aromatic nitrogens is 2. The zero-order valence-corrected chi connectivity index (χ0v) is 11.4. The first-order chi connectivity index (χ1) is 8.36. The Kier molecular flexibility index (Phi) is 3.51. The van der Waals surface area contributed by atoms with Crippen LogP contribution in [0.15, 0.2) is 40.2 Å². The van der Waals surface area contributed by atoms with Crippen molar-refractivity contribution in [3.05, 3.63) is 46.6 Å². The zero-order valence-electron chi connectivity index (χ0n) is 9.05. The van der Waals surface area contributed by atoms with Crippen molar-refractivity contribution < 1.29 is 12.8 Å². The highest BCUT2D eigenvalue weighted by molar-refractivity contribution is 9.10. The Morgan fingerprint density at radius 1 is 1.44 bits per heavy atom. The Balaban J connectivity index is 2.27. The Labute approximate surface area is 112 Å². The van der Waals surface area contributed by atoms with Crippen LogP contribution in [0, 0.1) is 5.82 Å². The zero-order chi connectivity index (χ0) is 13.3. The Morgan fingerprint density at radius 3 is 2.72 bits per heavy atom. The van der Waals surface area contributed by atoms with Crippen molar-refractivity contribution in [2.75, 3.05) is 0 Å². The second-order valence-electron chi connectivity index (χ2n) is 3.66. The Bertz CT molecular complexity index is 684. The van der Waals surface area contributed by atoms with Crippen LogP contribution in [0.5, 0.6) is 0 Å². The Morgan fingerprint density at radius 2 is 2.17 bits per heavy atom. The van der Waals surface area contributed by atoms with Crippen LogP contribution in [0.3, 0.4) is 0 Å². The van der Waals surface area contributed by atoms with Crippen LogP contribution in [0.1, 0.15) is 5.56 Å². The standard InChI is InChI=1S/C10H9BrFN3O2S/c11-9-3-8(12)2-1-7(9)4-15-5-10(14-6-15)18(13,16)17/h1-3,5-6H,4H2,(H2,13,16,17). The van der Waals surface area contributed by atoms with E-state index in [4.69, 9.17) is 5.14 Å². The summed E-state index contributed by atoms with van der Waals surface area (Å²) in [5.41, 5.74) is 0.801. The predicted molar refractivity (Wildman–Crippen MR) is 66.8 cm³/mol. The van der Waals surface area contributed by atoms with E-state index in [1.54, 1.807) is 10.6 Å². The molecule has 0 saturated heterocycles. The molecule has 1 heterocycles. The average Bonchev–Trinajstić information content (AvgIpc) is 2.70. The topological polar surface area (TPSA) is 78.0 Å². The maximum Gasteiger partial charge on any atom is 0.257 e. The van der Waals surface area contributed by atoms with Gasteiger partial charge in [-0.05, 0) is 17.7 Å². The summed E-state index contributed by atoms with van der Waals surface area (Å²) in [4.78, 5) is 3.69. The summed E-state index contributed by atoms with van der Waals surface area (Å²) >= 11 is 3.23. The molecular weight excluding hydrogens is 325 g/mol. The highest BCUT2D eigenvalue weighted by atomic mass is 79.9. The van der Waals surface area contributed by atoms with Gasteiger partial charge >= 0.3 is 0 Å². The van der Waals surface area contributed by atoms with Gasteiger partial charge in [0.15, 0.2) is 5.03 Å². The molecule has 0 amide bonds. The molecule has 0 atom stereocenters. The van der Waals surface area contributed by atoms with E-state index >= 15 is 0 Å². The highest BCUT2D eigenvalue weighted by Crippen LogP contribution is 2.19. The lowest BCUT2D eigenvalue weighted by atomic mass is 10.2. The van der Waals surface area contributed by atoms with Gasteiger partial charge in [0.1, 0.15) is 5.82 Å². The summed E-state index contributed by atoms with van der Waals surface area (Å²) in [6, 6.07) is 4.28. The highest BCUT2D eigenvalue weighted by Gasteiger charge is 2.11. The first kappa shape index (κ1) is 13.2.